The van der Waals surface area contributed by atoms with Gasteiger partial charge in [0.2, 0.25) is 0 Å². The van der Waals surface area contributed by atoms with E-state index in [4.69, 9.17) is 0 Å². The molecule has 2 heteroatoms. The lowest BCUT2D eigenvalue weighted by atomic mass is 10.0. The van der Waals surface area contributed by atoms with E-state index in [1.165, 1.54) is 16.3 Å². The van der Waals surface area contributed by atoms with Crippen LogP contribution in [0.2, 0.25) is 0 Å². The van der Waals surface area contributed by atoms with Crippen molar-refractivity contribution in [2.24, 2.45) is 0 Å². The molecule has 1 aromatic heterocycles. The molecule has 4 rings (SSSR count). The summed E-state index contributed by atoms with van der Waals surface area (Å²) in [6, 6.07) is 21.2. The summed E-state index contributed by atoms with van der Waals surface area (Å²) in [5, 5.41) is 13.3. The molecule has 3 aromatic carbocycles. The molecule has 0 N–H and O–H groups in total. The van der Waals surface area contributed by atoms with Crippen molar-refractivity contribution in [2.75, 3.05) is 0 Å². The second-order valence-electron chi connectivity index (χ2n) is 5.35. The summed E-state index contributed by atoms with van der Waals surface area (Å²) in [5.74, 6) is 0. The largest absolute Gasteiger partial charge is 0.158 e. The van der Waals surface area contributed by atoms with E-state index in [-0.39, 0.29) is 0 Å². The monoisotopic (exact) mass is 270 g/mol. The number of rotatable bonds is 1. The van der Waals surface area contributed by atoms with Crippen molar-refractivity contribution in [1.29, 1.82) is 0 Å². The summed E-state index contributed by atoms with van der Waals surface area (Å²) in [6.07, 6.45) is 1.83. The van der Waals surface area contributed by atoms with Gasteiger partial charge in [-0.2, -0.15) is 5.10 Å². The lowest BCUT2D eigenvalue weighted by Gasteiger charge is -2.07. The second-order valence-corrected chi connectivity index (χ2v) is 5.35. The molecule has 0 unspecified atom stereocenters. The van der Waals surface area contributed by atoms with Gasteiger partial charge in [-0.3, -0.25) is 0 Å². The van der Waals surface area contributed by atoms with E-state index in [0.29, 0.717) is 0 Å². The van der Waals surface area contributed by atoms with E-state index in [1.807, 2.05) is 6.20 Å². The van der Waals surface area contributed by atoms with Crippen molar-refractivity contribution in [3.05, 3.63) is 72.4 Å². The topological polar surface area (TPSA) is 25.8 Å². The highest BCUT2D eigenvalue weighted by molar-refractivity contribution is 6.03. The molecule has 0 saturated carbocycles. The van der Waals surface area contributed by atoms with Crippen LogP contribution in [-0.2, 0) is 0 Å². The molecule has 0 amide bonds. The van der Waals surface area contributed by atoms with Crippen molar-refractivity contribution in [1.82, 2.24) is 10.2 Å². The van der Waals surface area contributed by atoms with Gasteiger partial charge in [-0.25, -0.2) is 0 Å². The van der Waals surface area contributed by atoms with Gasteiger partial charge >= 0.3 is 0 Å². The van der Waals surface area contributed by atoms with Crippen LogP contribution in [0.15, 0.2) is 66.9 Å². The molecule has 0 aliphatic rings. The van der Waals surface area contributed by atoms with E-state index in [0.717, 1.165) is 22.0 Å². The predicted octanol–water partition coefficient (Wildman–Crippen LogP) is 4.76. The van der Waals surface area contributed by atoms with Gasteiger partial charge in [-0.05, 0) is 29.8 Å². The Morgan fingerprint density at radius 2 is 1.48 bits per heavy atom. The Hall–Kier alpha value is -2.74. The van der Waals surface area contributed by atoms with Crippen molar-refractivity contribution in [2.45, 2.75) is 6.92 Å². The Balaban J connectivity index is 2.04. The normalized spacial score (nSPS) is 11.1. The van der Waals surface area contributed by atoms with E-state index >= 15 is 0 Å². The molecule has 0 bridgehead atoms. The number of benzene rings is 3. The molecule has 0 spiro atoms. The van der Waals surface area contributed by atoms with Gasteiger partial charge in [0.05, 0.1) is 6.20 Å². The molecule has 0 fully saturated rings. The SMILES string of the molecule is Cc1ccc(-c2nncc3cc4ccccc4cc23)cc1. The Morgan fingerprint density at radius 3 is 2.24 bits per heavy atom. The average Bonchev–Trinajstić information content (AvgIpc) is 2.53. The zero-order valence-corrected chi connectivity index (χ0v) is 11.7. The lowest BCUT2D eigenvalue weighted by Crippen LogP contribution is -1.90. The van der Waals surface area contributed by atoms with E-state index in [1.54, 1.807) is 0 Å². The van der Waals surface area contributed by atoms with Crippen LogP contribution in [0.25, 0.3) is 32.8 Å². The van der Waals surface area contributed by atoms with Crippen molar-refractivity contribution in [3.8, 4) is 11.3 Å². The third-order valence-electron chi connectivity index (χ3n) is 3.85. The fourth-order valence-electron chi connectivity index (χ4n) is 2.70. The van der Waals surface area contributed by atoms with Crippen LogP contribution < -0.4 is 0 Å². The molecule has 0 aliphatic carbocycles. The molecule has 4 aromatic rings. The van der Waals surface area contributed by atoms with Gasteiger partial charge in [0.1, 0.15) is 5.69 Å². The molecule has 0 radical (unpaired) electrons. The summed E-state index contributed by atoms with van der Waals surface area (Å²) >= 11 is 0. The fourth-order valence-corrected chi connectivity index (χ4v) is 2.70. The minimum Gasteiger partial charge on any atom is -0.158 e. The number of hydrogen-bond donors (Lipinski definition) is 0. The summed E-state index contributed by atoms with van der Waals surface area (Å²) in [6.45, 7) is 2.09. The highest BCUT2D eigenvalue weighted by Gasteiger charge is 2.07. The smallest absolute Gasteiger partial charge is 0.101 e. The number of nitrogens with zero attached hydrogens (tertiary/aromatic N) is 2. The first-order chi connectivity index (χ1) is 10.3. The first-order valence-electron chi connectivity index (χ1n) is 7.02. The van der Waals surface area contributed by atoms with Crippen LogP contribution in [0.5, 0.6) is 0 Å². The maximum Gasteiger partial charge on any atom is 0.101 e. The maximum absolute atomic E-state index is 4.36. The number of aryl methyl sites for hydroxylation is 1. The Kier molecular flexibility index (Phi) is 2.68. The summed E-state index contributed by atoms with van der Waals surface area (Å²) in [7, 11) is 0. The van der Waals surface area contributed by atoms with Crippen molar-refractivity contribution in [3.63, 3.8) is 0 Å². The molecule has 1 heterocycles. The van der Waals surface area contributed by atoms with E-state index in [9.17, 15) is 0 Å². The lowest BCUT2D eigenvalue weighted by molar-refractivity contribution is 1.06. The molecule has 21 heavy (non-hydrogen) atoms. The summed E-state index contributed by atoms with van der Waals surface area (Å²) < 4.78 is 0. The number of fused-ring (bicyclic) bond motifs is 2. The first kappa shape index (κ1) is 12.0. The van der Waals surface area contributed by atoms with E-state index < -0.39 is 0 Å². The van der Waals surface area contributed by atoms with Crippen LogP contribution >= 0.6 is 0 Å². The van der Waals surface area contributed by atoms with Crippen LogP contribution in [0.4, 0.5) is 0 Å². The molecular weight excluding hydrogens is 256 g/mol. The van der Waals surface area contributed by atoms with Crippen LogP contribution in [0, 0.1) is 6.92 Å². The van der Waals surface area contributed by atoms with Gasteiger partial charge < -0.3 is 0 Å². The van der Waals surface area contributed by atoms with Gasteiger partial charge in [-0.1, -0.05) is 54.1 Å². The maximum atomic E-state index is 4.36. The molecule has 2 nitrogen and oxygen atoms in total. The zero-order valence-electron chi connectivity index (χ0n) is 11.7. The zero-order chi connectivity index (χ0) is 14.2. The third-order valence-corrected chi connectivity index (χ3v) is 3.85. The van der Waals surface area contributed by atoms with Gasteiger partial charge in [0, 0.05) is 16.3 Å². The summed E-state index contributed by atoms with van der Waals surface area (Å²) in [4.78, 5) is 0. The quantitative estimate of drug-likeness (QED) is 0.466. The Morgan fingerprint density at radius 1 is 0.762 bits per heavy atom. The van der Waals surface area contributed by atoms with Crippen molar-refractivity contribution >= 4 is 21.5 Å². The third kappa shape index (κ3) is 2.05. The van der Waals surface area contributed by atoms with Gasteiger partial charge in [0.25, 0.3) is 0 Å². The second kappa shape index (κ2) is 4.67. The minimum absolute atomic E-state index is 0.943. The summed E-state index contributed by atoms with van der Waals surface area (Å²) in [5.41, 5.74) is 3.30. The number of hydrogen-bond acceptors (Lipinski definition) is 2. The van der Waals surface area contributed by atoms with Gasteiger partial charge in [0.15, 0.2) is 0 Å². The fraction of sp³-hybridized carbons (Fsp3) is 0.0526. The van der Waals surface area contributed by atoms with Crippen LogP contribution in [0.3, 0.4) is 0 Å². The molecule has 0 atom stereocenters. The Labute approximate surface area is 123 Å². The minimum atomic E-state index is 0.943. The van der Waals surface area contributed by atoms with Crippen LogP contribution in [-0.4, -0.2) is 10.2 Å². The number of aromatic nitrogens is 2. The molecule has 100 valence electrons. The highest BCUT2D eigenvalue weighted by atomic mass is 15.1. The molecule has 0 saturated heterocycles. The first-order valence-corrected chi connectivity index (χ1v) is 7.02. The Bertz CT molecular complexity index is 940. The standard InChI is InChI=1S/C19H14N2/c1-13-6-8-14(9-7-13)19-18-11-16-5-3-2-4-15(16)10-17(18)12-20-21-19/h2-12H,1H3. The molecular formula is C19H14N2. The molecule has 0 aliphatic heterocycles. The van der Waals surface area contributed by atoms with Gasteiger partial charge in [-0.15, -0.1) is 5.10 Å². The highest BCUT2D eigenvalue weighted by Crippen LogP contribution is 2.29. The van der Waals surface area contributed by atoms with Crippen molar-refractivity contribution < 1.29 is 0 Å². The predicted molar refractivity (Wildman–Crippen MR) is 87.2 cm³/mol. The average molecular weight is 270 g/mol. The van der Waals surface area contributed by atoms with E-state index in [2.05, 4.69) is 77.8 Å². The van der Waals surface area contributed by atoms with Crippen LogP contribution in [0.1, 0.15) is 5.56 Å².